The lowest BCUT2D eigenvalue weighted by Gasteiger charge is -2.17. The van der Waals surface area contributed by atoms with Crippen molar-refractivity contribution in [2.24, 2.45) is 10.8 Å². The average molecular weight is 361 g/mol. The second kappa shape index (κ2) is 13.7. The van der Waals surface area contributed by atoms with Crippen LogP contribution in [0.3, 0.4) is 0 Å². The molecule has 5 heteroatoms. The molecule has 0 radical (unpaired) electrons. The number of ketones is 1. The molecule has 0 unspecified atom stereocenters. The average Bonchev–Trinajstić information content (AvgIpc) is 2.44. The monoisotopic (exact) mass is 360 g/mol. The molecular formula is C20H40O5. The van der Waals surface area contributed by atoms with E-state index in [1.807, 2.05) is 0 Å². The highest BCUT2D eigenvalue weighted by atomic mass is 16.6. The van der Waals surface area contributed by atoms with Crippen LogP contribution < -0.4 is 0 Å². The summed E-state index contributed by atoms with van der Waals surface area (Å²) in [4.78, 5) is 11.7. The molecule has 0 aromatic carbocycles. The van der Waals surface area contributed by atoms with E-state index in [4.69, 9.17) is 18.9 Å². The summed E-state index contributed by atoms with van der Waals surface area (Å²) in [5, 5.41) is 0. The Hall–Kier alpha value is -0.490. The second-order valence-electron chi connectivity index (χ2n) is 8.79. The number of hydrogen-bond acceptors (Lipinski definition) is 5. The number of Topliss-reactive ketones (excluding diaryl/α,β-unsaturated/α-hetero) is 1. The van der Waals surface area contributed by atoms with Crippen molar-refractivity contribution < 1.29 is 23.7 Å². The Bertz CT molecular complexity index is 328. The van der Waals surface area contributed by atoms with E-state index in [1.54, 1.807) is 0 Å². The molecule has 0 saturated carbocycles. The summed E-state index contributed by atoms with van der Waals surface area (Å²) >= 11 is 0. The van der Waals surface area contributed by atoms with Crippen LogP contribution in [-0.2, 0) is 23.7 Å². The molecule has 0 saturated heterocycles. The lowest BCUT2D eigenvalue weighted by atomic mass is 9.89. The molecule has 0 rings (SSSR count). The largest absolute Gasteiger partial charge is 0.379 e. The van der Waals surface area contributed by atoms with Gasteiger partial charge in [0.2, 0.25) is 0 Å². The van der Waals surface area contributed by atoms with Crippen LogP contribution in [0, 0.1) is 10.8 Å². The number of carbonyl (C=O) groups excluding carboxylic acids is 1. The van der Waals surface area contributed by atoms with Gasteiger partial charge in [-0.1, -0.05) is 41.5 Å². The van der Waals surface area contributed by atoms with Gasteiger partial charge < -0.3 is 18.9 Å². The van der Waals surface area contributed by atoms with Crippen molar-refractivity contribution in [3.63, 3.8) is 0 Å². The molecule has 0 heterocycles. The third kappa shape index (κ3) is 21.5. The fraction of sp³-hybridized carbons (Fsp3) is 0.950. The van der Waals surface area contributed by atoms with Gasteiger partial charge >= 0.3 is 0 Å². The van der Waals surface area contributed by atoms with Crippen LogP contribution in [0.15, 0.2) is 0 Å². The summed E-state index contributed by atoms with van der Waals surface area (Å²) < 4.78 is 21.8. The molecule has 25 heavy (non-hydrogen) atoms. The van der Waals surface area contributed by atoms with Crippen LogP contribution in [0.1, 0.15) is 60.8 Å². The lowest BCUT2D eigenvalue weighted by Crippen LogP contribution is -2.16. The molecule has 0 aromatic rings. The molecule has 0 amide bonds. The van der Waals surface area contributed by atoms with Gasteiger partial charge in [0, 0.05) is 19.4 Å². The first-order valence-corrected chi connectivity index (χ1v) is 9.43. The van der Waals surface area contributed by atoms with Crippen molar-refractivity contribution >= 4 is 5.78 Å². The molecule has 0 bridgehead atoms. The van der Waals surface area contributed by atoms with E-state index in [0.717, 1.165) is 13.0 Å². The standard InChI is InChI=1S/C20H40O5/c1-19(2,3)8-10-23-12-14-25-16-15-24-13-11-22-9-7-18(21)17-20(4,5)6/h7-17H2,1-6H3. The molecule has 0 aliphatic rings. The van der Waals surface area contributed by atoms with Crippen molar-refractivity contribution in [3.05, 3.63) is 0 Å². The molecule has 150 valence electrons. The molecule has 0 aromatic heterocycles. The Morgan fingerprint density at radius 3 is 1.40 bits per heavy atom. The highest BCUT2D eigenvalue weighted by molar-refractivity contribution is 5.79. The van der Waals surface area contributed by atoms with Gasteiger partial charge in [-0.3, -0.25) is 4.79 Å². The van der Waals surface area contributed by atoms with Crippen LogP contribution >= 0.6 is 0 Å². The normalized spacial score (nSPS) is 12.6. The highest BCUT2D eigenvalue weighted by Gasteiger charge is 2.15. The van der Waals surface area contributed by atoms with Crippen molar-refractivity contribution in [2.45, 2.75) is 60.8 Å². The molecule has 5 nitrogen and oxygen atoms in total. The number of carbonyl (C=O) groups is 1. The van der Waals surface area contributed by atoms with Gasteiger partial charge in [-0.2, -0.15) is 0 Å². The Labute approximate surface area is 154 Å². The first-order valence-electron chi connectivity index (χ1n) is 9.43. The summed E-state index contributed by atoms with van der Waals surface area (Å²) in [6, 6.07) is 0. The Morgan fingerprint density at radius 1 is 0.600 bits per heavy atom. The highest BCUT2D eigenvalue weighted by Crippen LogP contribution is 2.19. The first kappa shape index (κ1) is 24.5. The van der Waals surface area contributed by atoms with E-state index in [2.05, 4.69) is 41.5 Å². The van der Waals surface area contributed by atoms with Crippen molar-refractivity contribution in [3.8, 4) is 0 Å². The lowest BCUT2D eigenvalue weighted by molar-refractivity contribution is -0.122. The number of hydrogen-bond donors (Lipinski definition) is 0. The smallest absolute Gasteiger partial charge is 0.135 e. The maximum absolute atomic E-state index is 11.7. The quantitative estimate of drug-likeness (QED) is 0.415. The Morgan fingerprint density at radius 2 is 1.00 bits per heavy atom. The van der Waals surface area contributed by atoms with E-state index < -0.39 is 0 Å². The molecule has 0 N–H and O–H groups in total. The van der Waals surface area contributed by atoms with Crippen LogP contribution in [-0.4, -0.2) is 58.6 Å². The zero-order valence-corrected chi connectivity index (χ0v) is 17.3. The predicted molar refractivity (Wildman–Crippen MR) is 101 cm³/mol. The van der Waals surface area contributed by atoms with Gasteiger partial charge in [-0.25, -0.2) is 0 Å². The summed E-state index contributed by atoms with van der Waals surface area (Å²) in [6.07, 6.45) is 2.14. The van der Waals surface area contributed by atoms with Crippen LogP contribution in [0.2, 0.25) is 0 Å². The SMILES string of the molecule is CC(C)(C)CCOCCOCCOCCOCCC(=O)CC(C)(C)C. The van der Waals surface area contributed by atoms with E-state index in [9.17, 15) is 4.79 Å². The number of rotatable bonds is 15. The zero-order valence-electron chi connectivity index (χ0n) is 17.3. The minimum absolute atomic E-state index is 0.0534. The predicted octanol–water partition coefficient (Wildman–Crippen LogP) is 3.88. The summed E-state index contributed by atoms with van der Waals surface area (Å²) in [5.41, 5.74) is 0.370. The van der Waals surface area contributed by atoms with E-state index in [1.165, 1.54) is 0 Å². The van der Waals surface area contributed by atoms with Crippen LogP contribution in [0.25, 0.3) is 0 Å². The van der Waals surface area contributed by atoms with Crippen molar-refractivity contribution in [1.82, 2.24) is 0 Å². The van der Waals surface area contributed by atoms with Crippen LogP contribution in [0.4, 0.5) is 0 Å². The fourth-order valence-corrected chi connectivity index (χ4v) is 2.01. The second-order valence-corrected chi connectivity index (χ2v) is 8.79. The van der Waals surface area contributed by atoms with Gasteiger partial charge in [0.05, 0.1) is 46.2 Å². The van der Waals surface area contributed by atoms with Gasteiger partial charge in [0.25, 0.3) is 0 Å². The summed E-state index contributed by atoms with van der Waals surface area (Å²) in [5.74, 6) is 0.256. The Kier molecular flexibility index (Phi) is 13.4. The topological polar surface area (TPSA) is 54.0 Å². The van der Waals surface area contributed by atoms with Gasteiger partial charge in [-0.15, -0.1) is 0 Å². The molecule has 0 spiro atoms. The number of ether oxygens (including phenoxy) is 4. The van der Waals surface area contributed by atoms with Gasteiger partial charge in [0.1, 0.15) is 5.78 Å². The zero-order chi connectivity index (χ0) is 19.2. The first-order chi connectivity index (χ1) is 11.6. The van der Waals surface area contributed by atoms with Gasteiger partial charge in [-0.05, 0) is 17.3 Å². The molecule has 0 fully saturated rings. The third-order valence-corrected chi connectivity index (χ3v) is 3.37. The molecule has 0 aliphatic carbocycles. The third-order valence-electron chi connectivity index (χ3n) is 3.37. The molecular weight excluding hydrogens is 320 g/mol. The minimum atomic E-state index is 0.0534. The minimum Gasteiger partial charge on any atom is -0.379 e. The molecule has 0 aliphatic heterocycles. The summed E-state index contributed by atoms with van der Waals surface area (Å²) in [7, 11) is 0. The fourth-order valence-electron chi connectivity index (χ4n) is 2.01. The van der Waals surface area contributed by atoms with Crippen molar-refractivity contribution in [1.29, 1.82) is 0 Å². The maximum Gasteiger partial charge on any atom is 0.135 e. The maximum atomic E-state index is 11.7. The van der Waals surface area contributed by atoms with Crippen molar-refractivity contribution in [2.75, 3.05) is 52.9 Å². The van der Waals surface area contributed by atoms with Gasteiger partial charge in [0.15, 0.2) is 0 Å². The van der Waals surface area contributed by atoms with E-state index in [-0.39, 0.29) is 11.2 Å². The van der Waals surface area contributed by atoms with E-state index in [0.29, 0.717) is 64.5 Å². The summed E-state index contributed by atoms with van der Waals surface area (Å²) in [6.45, 7) is 17.5. The Balaban J connectivity index is 3.21. The molecule has 0 atom stereocenters. The van der Waals surface area contributed by atoms with E-state index >= 15 is 0 Å². The van der Waals surface area contributed by atoms with Crippen LogP contribution in [0.5, 0.6) is 0 Å².